The lowest BCUT2D eigenvalue weighted by Gasteiger charge is -2.37. The van der Waals surface area contributed by atoms with E-state index in [1.165, 1.54) is 12.1 Å². The van der Waals surface area contributed by atoms with Gasteiger partial charge in [0, 0.05) is 37.9 Å². The minimum absolute atomic E-state index is 0.00547. The van der Waals surface area contributed by atoms with E-state index >= 15 is 0 Å². The molecular weight excluding hydrogens is 337 g/mol. The third-order valence-electron chi connectivity index (χ3n) is 5.31. The van der Waals surface area contributed by atoms with E-state index in [0.717, 1.165) is 37.1 Å². The molecule has 6 nitrogen and oxygen atoms in total. The zero-order chi connectivity index (χ0) is 18.7. The highest BCUT2D eigenvalue weighted by molar-refractivity contribution is 5.77. The summed E-state index contributed by atoms with van der Waals surface area (Å²) in [4.78, 5) is 27.5. The van der Waals surface area contributed by atoms with E-state index in [1.807, 2.05) is 6.92 Å². The van der Waals surface area contributed by atoms with Crippen molar-refractivity contribution in [3.8, 4) is 0 Å². The molecule has 0 saturated carbocycles. The largest absolute Gasteiger partial charge is 0.481 e. The van der Waals surface area contributed by atoms with Crippen LogP contribution >= 0.6 is 0 Å². The number of nitrogens with one attached hydrogen (secondary N) is 1. The molecule has 0 spiro atoms. The Balaban J connectivity index is 1.59. The normalized spacial score (nSPS) is 23.6. The highest BCUT2D eigenvalue weighted by Gasteiger charge is 2.30. The number of benzene rings is 1. The predicted molar refractivity (Wildman–Crippen MR) is 96.8 cm³/mol. The van der Waals surface area contributed by atoms with Gasteiger partial charge in [-0.1, -0.05) is 0 Å². The standard InChI is InChI=1S/C19H26FN3O3/c1-13-10-15(20)6-7-17(13)22-8-3-5-16(12-22)21-19(26)23-9-2-4-14(11-23)18(24)25/h6-7,10,14,16H,2-5,8-9,11-12H2,1H3,(H,21,26)(H,24,25). The van der Waals surface area contributed by atoms with Crippen molar-refractivity contribution in [2.45, 2.75) is 38.6 Å². The molecule has 2 heterocycles. The summed E-state index contributed by atoms with van der Waals surface area (Å²) in [6, 6.07) is 4.60. The van der Waals surface area contributed by atoms with Gasteiger partial charge in [0.25, 0.3) is 0 Å². The number of urea groups is 1. The van der Waals surface area contributed by atoms with Crippen LogP contribution in [0, 0.1) is 18.7 Å². The molecule has 1 aromatic rings. The minimum Gasteiger partial charge on any atom is -0.481 e. The van der Waals surface area contributed by atoms with E-state index in [4.69, 9.17) is 0 Å². The van der Waals surface area contributed by atoms with Crippen molar-refractivity contribution in [2.75, 3.05) is 31.1 Å². The van der Waals surface area contributed by atoms with Crippen LogP contribution in [0.25, 0.3) is 0 Å². The molecule has 3 rings (SSSR count). The van der Waals surface area contributed by atoms with Gasteiger partial charge >= 0.3 is 12.0 Å². The maximum absolute atomic E-state index is 13.3. The van der Waals surface area contributed by atoms with Crippen molar-refractivity contribution >= 4 is 17.7 Å². The molecule has 2 aliphatic rings. The fourth-order valence-electron chi connectivity index (χ4n) is 3.92. The summed E-state index contributed by atoms with van der Waals surface area (Å²) in [5.74, 6) is -1.55. The van der Waals surface area contributed by atoms with E-state index < -0.39 is 11.9 Å². The number of likely N-dealkylation sites (tertiary alicyclic amines) is 1. The SMILES string of the molecule is Cc1cc(F)ccc1N1CCCC(NC(=O)N2CCCC(C(=O)O)C2)C1. The summed E-state index contributed by atoms with van der Waals surface area (Å²) in [6.45, 7) is 4.32. The Labute approximate surface area is 153 Å². The van der Waals surface area contributed by atoms with Crippen LogP contribution in [0.15, 0.2) is 18.2 Å². The summed E-state index contributed by atoms with van der Waals surface area (Å²) < 4.78 is 13.3. The first-order chi connectivity index (χ1) is 12.4. The van der Waals surface area contributed by atoms with Crippen molar-refractivity contribution in [1.82, 2.24) is 10.2 Å². The molecular formula is C19H26FN3O3. The Hall–Kier alpha value is -2.31. The van der Waals surface area contributed by atoms with Gasteiger partial charge in [0.15, 0.2) is 0 Å². The fourth-order valence-corrected chi connectivity index (χ4v) is 3.92. The molecule has 1 aromatic carbocycles. The van der Waals surface area contributed by atoms with Gasteiger partial charge in [-0.25, -0.2) is 9.18 Å². The first-order valence-electron chi connectivity index (χ1n) is 9.23. The Morgan fingerprint density at radius 2 is 1.96 bits per heavy atom. The number of carboxylic acids is 1. The van der Waals surface area contributed by atoms with Crippen molar-refractivity contribution in [3.63, 3.8) is 0 Å². The first-order valence-corrected chi connectivity index (χ1v) is 9.23. The first kappa shape index (κ1) is 18.5. The van der Waals surface area contributed by atoms with Gasteiger partial charge < -0.3 is 20.2 Å². The van der Waals surface area contributed by atoms with Gasteiger partial charge in [-0.15, -0.1) is 0 Å². The Morgan fingerprint density at radius 1 is 1.19 bits per heavy atom. The maximum Gasteiger partial charge on any atom is 0.317 e. The average molecular weight is 363 g/mol. The molecule has 26 heavy (non-hydrogen) atoms. The molecule has 2 fully saturated rings. The number of piperidine rings is 2. The molecule has 2 saturated heterocycles. The lowest BCUT2D eigenvalue weighted by Crippen LogP contribution is -2.54. The molecule has 7 heteroatoms. The monoisotopic (exact) mass is 363 g/mol. The highest BCUT2D eigenvalue weighted by atomic mass is 19.1. The summed E-state index contributed by atoms with van der Waals surface area (Å²) in [7, 11) is 0. The number of aliphatic carboxylic acids is 1. The summed E-state index contributed by atoms with van der Waals surface area (Å²) >= 11 is 0. The van der Waals surface area contributed by atoms with E-state index in [1.54, 1.807) is 11.0 Å². The number of hydrogen-bond donors (Lipinski definition) is 2. The minimum atomic E-state index is -0.835. The number of carbonyl (C=O) groups is 2. The van der Waals surface area contributed by atoms with Crippen LogP contribution in [-0.4, -0.2) is 54.2 Å². The number of nitrogens with zero attached hydrogens (tertiary/aromatic N) is 2. The number of hydrogen-bond acceptors (Lipinski definition) is 3. The zero-order valence-corrected chi connectivity index (χ0v) is 15.1. The van der Waals surface area contributed by atoms with Gasteiger partial charge in [-0.3, -0.25) is 4.79 Å². The Morgan fingerprint density at radius 3 is 2.69 bits per heavy atom. The van der Waals surface area contributed by atoms with Crippen LogP contribution in [0.3, 0.4) is 0 Å². The molecule has 0 radical (unpaired) electrons. The topological polar surface area (TPSA) is 72.9 Å². The molecule has 2 aliphatic heterocycles. The van der Waals surface area contributed by atoms with E-state index in [-0.39, 0.29) is 24.4 Å². The van der Waals surface area contributed by atoms with Gasteiger partial charge in [0.2, 0.25) is 0 Å². The molecule has 2 unspecified atom stereocenters. The number of anilines is 1. The average Bonchev–Trinajstić information content (AvgIpc) is 2.62. The lowest BCUT2D eigenvalue weighted by molar-refractivity contribution is -0.143. The molecule has 2 atom stereocenters. The quantitative estimate of drug-likeness (QED) is 0.866. The molecule has 0 aliphatic carbocycles. The van der Waals surface area contributed by atoms with Gasteiger partial charge in [0.05, 0.1) is 5.92 Å². The second-order valence-corrected chi connectivity index (χ2v) is 7.29. The number of carbonyl (C=O) groups excluding carboxylic acids is 1. The van der Waals surface area contributed by atoms with Crippen molar-refractivity contribution in [3.05, 3.63) is 29.6 Å². The predicted octanol–water partition coefficient (Wildman–Crippen LogP) is 2.61. The van der Waals surface area contributed by atoms with Crippen molar-refractivity contribution < 1.29 is 19.1 Å². The van der Waals surface area contributed by atoms with Crippen LogP contribution in [0.1, 0.15) is 31.2 Å². The number of amides is 2. The zero-order valence-electron chi connectivity index (χ0n) is 15.1. The number of carboxylic acid groups (broad SMARTS) is 1. The van der Waals surface area contributed by atoms with Crippen LogP contribution in [0.4, 0.5) is 14.9 Å². The smallest absolute Gasteiger partial charge is 0.317 e. The van der Waals surface area contributed by atoms with Crippen LogP contribution in [-0.2, 0) is 4.79 Å². The number of aryl methyl sites for hydroxylation is 1. The van der Waals surface area contributed by atoms with E-state index in [9.17, 15) is 19.1 Å². The number of halogens is 1. The molecule has 0 bridgehead atoms. The molecule has 142 valence electrons. The molecule has 2 amide bonds. The van der Waals surface area contributed by atoms with Crippen molar-refractivity contribution in [1.29, 1.82) is 0 Å². The third kappa shape index (κ3) is 4.26. The summed E-state index contributed by atoms with van der Waals surface area (Å²) in [5.41, 5.74) is 1.88. The van der Waals surface area contributed by atoms with Gasteiger partial charge in [-0.05, 0) is 56.4 Å². The fraction of sp³-hybridized carbons (Fsp3) is 0.579. The number of rotatable bonds is 3. The third-order valence-corrected chi connectivity index (χ3v) is 5.31. The second-order valence-electron chi connectivity index (χ2n) is 7.29. The van der Waals surface area contributed by atoms with E-state index in [0.29, 0.717) is 19.5 Å². The second kappa shape index (κ2) is 7.93. The maximum atomic E-state index is 13.3. The molecule has 0 aromatic heterocycles. The molecule has 2 N–H and O–H groups in total. The Bertz CT molecular complexity index is 682. The van der Waals surface area contributed by atoms with Crippen LogP contribution < -0.4 is 10.2 Å². The van der Waals surface area contributed by atoms with Gasteiger partial charge in [0.1, 0.15) is 5.82 Å². The highest BCUT2D eigenvalue weighted by Crippen LogP contribution is 2.25. The summed E-state index contributed by atoms with van der Waals surface area (Å²) in [6.07, 6.45) is 3.17. The van der Waals surface area contributed by atoms with Crippen molar-refractivity contribution in [2.24, 2.45) is 5.92 Å². The van der Waals surface area contributed by atoms with Gasteiger partial charge in [-0.2, -0.15) is 0 Å². The van der Waals surface area contributed by atoms with Crippen LogP contribution in [0.5, 0.6) is 0 Å². The Kier molecular flexibility index (Phi) is 5.64. The summed E-state index contributed by atoms with van der Waals surface area (Å²) in [5, 5.41) is 12.2. The van der Waals surface area contributed by atoms with E-state index in [2.05, 4.69) is 10.2 Å². The lowest BCUT2D eigenvalue weighted by atomic mass is 9.98. The van der Waals surface area contributed by atoms with Crippen LogP contribution in [0.2, 0.25) is 0 Å².